The Morgan fingerprint density at radius 2 is 0.849 bits per heavy atom. The predicted molar refractivity (Wildman–Crippen MR) is 218 cm³/mol. The summed E-state index contributed by atoms with van der Waals surface area (Å²) in [6, 6.07) is 66.0. The molecule has 1 aliphatic heterocycles. The van der Waals surface area contributed by atoms with E-state index in [4.69, 9.17) is 9.97 Å². The fourth-order valence-electron chi connectivity index (χ4n) is 8.73. The summed E-state index contributed by atoms with van der Waals surface area (Å²) in [5, 5.41) is 0. The third-order valence-electron chi connectivity index (χ3n) is 11.2. The normalized spacial score (nSPS) is 14.5. The van der Waals surface area contributed by atoms with E-state index in [0.29, 0.717) is 0 Å². The van der Waals surface area contributed by atoms with Crippen LogP contribution in [0.15, 0.2) is 192 Å². The van der Waals surface area contributed by atoms with Crippen LogP contribution in [0.25, 0.3) is 45.0 Å². The van der Waals surface area contributed by atoms with Crippen LogP contribution in [0.1, 0.15) is 47.2 Å². The van der Waals surface area contributed by atoms with Crippen LogP contribution < -0.4 is 0 Å². The third kappa shape index (κ3) is 4.95. The Morgan fingerprint density at radius 1 is 0.358 bits per heavy atom. The van der Waals surface area contributed by atoms with E-state index in [0.717, 1.165) is 39.5 Å². The van der Waals surface area contributed by atoms with Crippen molar-refractivity contribution >= 4 is 11.8 Å². The Bertz CT molecular complexity index is 2580. The molecule has 1 spiro atoms. The first-order valence-corrected chi connectivity index (χ1v) is 19.1. The quantitative estimate of drug-likeness (QED) is 0.183. The van der Waals surface area contributed by atoms with Gasteiger partial charge in [0.15, 0.2) is 5.82 Å². The van der Waals surface area contributed by atoms with Crippen molar-refractivity contribution in [1.29, 1.82) is 0 Å². The van der Waals surface area contributed by atoms with Gasteiger partial charge in [0.2, 0.25) is 0 Å². The van der Waals surface area contributed by atoms with Gasteiger partial charge in [0.25, 0.3) is 0 Å². The van der Waals surface area contributed by atoms with Gasteiger partial charge in [-0.3, -0.25) is 0 Å². The van der Waals surface area contributed by atoms with Crippen molar-refractivity contribution in [3.8, 4) is 45.0 Å². The van der Waals surface area contributed by atoms with E-state index in [2.05, 4.69) is 172 Å². The van der Waals surface area contributed by atoms with Gasteiger partial charge >= 0.3 is 0 Å². The smallest absolute Gasteiger partial charge is 0.160 e. The summed E-state index contributed by atoms with van der Waals surface area (Å²) in [6.45, 7) is 4.77. The monoisotopic (exact) mass is 696 g/mol. The molecule has 53 heavy (non-hydrogen) atoms. The molecule has 0 atom stereocenters. The topological polar surface area (TPSA) is 25.8 Å². The molecule has 3 heteroatoms. The molecule has 0 saturated carbocycles. The molecule has 252 valence electrons. The summed E-state index contributed by atoms with van der Waals surface area (Å²) in [7, 11) is 0. The highest BCUT2D eigenvalue weighted by molar-refractivity contribution is 7.99. The lowest BCUT2D eigenvalue weighted by Crippen LogP contribution is -2.43. The van der Waals surface area contributed by atoms with Crippen LogP contribution >= 0.6 is 11.8 Å². The predicted octanol–water partition coefficient (Wildman–Crippen LogP) is 12.6. The third-order valence-corrected chi connectivity index (χ3v) is 12.4. The van der Waals surface area contributed by atoms with Gasteiger partial charge in [0.1, 0.15) is 0 Å². The maximum Gasteiger partial charge on any atom is 0.160 e. The molecule has 7 aromatic carbocycles. The van der Waals surface area contributed by atoms with E-state index in [-0.39, 0.29) is 5.41 Å². The zero-order chi connectivity index (χ0) is 35.6. The number of benzene rings is 7. The van der Waals surface area contributed by atoms with Crippen LogP contribution in [0.2, 0.25) is 0 Å². The molecule has 0 fully saturated rings. The number of hydrogen-bond acceptors (Lipinski definition) is 3. The Morgan fingerprint density at radius 3 is 1.53 bits per heavy atom. The Balaban J connectivity index is 1.19. The second-order valence-electron chi connectivity index (χ2n) is 14.6. The maximum absolute atomic E-state index is 5.15. The first kappa shape index (κ1) is 31.7. The first-order chi connectivity index (χ1) is 26.0. The second-order valence-corrected chi connectivity index (χ2v) is 15.6. The van der Waals surface area contributed by atoms with Crippen molar-refractivity contribution in [3.63, 3.8) is 0 Å². The highest BCUT2D eigenvalue weighted by Crippen LogP contribution is 2.61. The zero-order valence-electron chi connectivity index (χ0n) is 29.6. The molecular weight excluding hydrogens is 661 g/mol. The molecule has 2 heterocycles. The summed E-state index contributed by atoms with van der Waals surface area (Å²) in [6.07, 6.45) is 0. The molecule has 0 saturated heterocycles. The Kier molecular flexibility index (Phi) is 7.35. The number of nitrogens with zero attached hydrogens (tertiary/aromatic N) is 2. The van der Waals surface area contributed by atoms with E-state index in [1.165, 1.54) is 48.7 Å². The number of hydrogen-bond donors (Lipinski definition) is 0. The second kappa shape index (κ2) is 12.3. The molecule has 1 aromatic heterocycles. The van der Waals surface area contributed by atoms with Gasteiger partial charge < -0.3 is 0 Å². The van der Waals surface area contributed by atoms with Crippen LogP contribution in [0.4, 0.5) is 0 Å². The van der Waals surface area contributed by atoms with Crippen LogP contribution in [0.5, 0.6) is 0 Å². The molecule has 0 amide bonds. The summed E-state index contributed by atoms with van der Waals surface area (Å²) < 4.78 is 0. The van der Waals surface area contributed by atoms with Crippen molar-refractivity contribution < 1.29 is 0 Å². The van der Waals surface area contributed by atoms with Crippen molar-refractivity contribution in [3.05, 3.63) is 215 Å². The largest absolute Gasteiger partial charge is 0.228 e. The molecule has 8 aromatic rings. The molecule has 0 unspecified atom stereocenters. The molecular formula is C50H36N2S. The molecule has 0 radical (unpaired) electrons. The van der Waals surface area contributed by atoms with Crippen LogP contribution in [-0.4, -0.2) is 9.97 Å². The average Bonchev–Trinajstić information content (AvgIpc) is 3.23. The molecule has 0 bridgehead atoms. The minimum atomic E-state index is -0.463. The lowest BCUT2D eigenvalue weighted by Gasteiger charge is -2.50. The molecule has 0 N–H and O–H groups in total. The van der Waals surface area contributed by atoms with E-state index in [1.54, 1.807) is 0 Å². The van der Waals surface area contributed by atoms with Gasteiger partial charge in [-0.2, -0.15) is 0 Å². The molecule has 2 nitrogen and oxygen atoms in total. The van der Waals surface area contributed by atoms with Gasteiger partial charge in [-0.25, -0.2) is 9.97 Å². The van der Waals surface area contributed by atoms with Crippen LogP contribution in [0.3, 0.4) is 0 Å². The minimum absolute atomic E-state index is 0.186. The summed E-state index contributed by atoms with van der Waals surface area (Å²) >= 11 is 1.89. The van der Waals surface area contributed by atoms with Gasteiger partial charge in [0.05, 0.1) is 16.8 Å². The molecule has 2 aliphatic rings. The summed E-state index contributed by atoms with van der Waals surface area (Å²) in [4.78, 5) is 12.8. The van der Waals surface area contributed by atoms with Gasteiger partial charge in [0, 0.05) is 31.9 Å². The molecule has 1 aliphatic carbocycles. The highest BCUT2D eigenvalue weighted by atomic mass is 32.2. The Hall–Kier alpha value is -6.03. The Labute approximate surface area is 315 Å². The fourth-order valence-corrected chi connectivity index (χ4v) is 9.92. The van der Waals surface area contributed by atoms with E-state index in [9.17, 15) is 0 Å². The summed E-state index contributed by atoms with van der Waals surface area (Å²) in [5.41, 5.74) is 14.8. The minimum Gasteiger partial charge on any atom is -0.228 e. The van der Waals surface area contributed by atoms with E-state index in [1.807, 2.05) is 36.0 Å². The maximum atomic E-state index is 5.15. The van der Waals surface area contributed by atoms with Crippen molar-refractivity contribution in [2.45, 2.75) is 34.5 Å². The number of aromatic nitrogens is 2. The zero-order valence-corrected chi connectivity index (χ0v) is 30.4. The van der Waals surface area contributed by atoms with Crippen molar-refractivity contribution in [2.75, 3.05) is 0 Å². The molecule has 10 rings (SSSR count). The van der Waals surface area contributed by atoms with Gasteiger partial charge in [-0.1, -0.05) is 177 Å². The van der Waals surface area contributed by atoms with E-state index < -0.39 is 5.41 Å². The van der Waals surface area contributed by atoms with Crippen molar-refractivity contribution in [2.24, 2.45) is 0 Å². The fraction of sp³-hybridized carbons (Fsp3) is 0.0800. The number of rotatable bonds is 4. The summed E-state index contributed by atoms with van der Waals surface area (Å²) in [5.74, 6) is 0.719. The van der Waals surface area contributed by atoms with Crippen molar-refractivity contribution in [1.82, 2.24) is 9.97 Å². The number of fused-ring (bicyclic) bond motifs is 8. The van der Waals surface area contributed by atoms with E-state index >= 15 is 0 Å². The lowest BCUT2D eigenvalue weighted by molar-refractivity contribution is 0.549. The lowest BCUT2D eigenvalue weighted by atomic mass is 9.54. The van der Waals surface area contributed by atoms with Crippen LogP contribution in [0, 0.1) is 0 Å². The first-order valence-electron chi connectivity index (χ1n) is 18.2. The average molecular weight is 697 g/mol. The highest BCUT2D eigenvalue weighted by Gasteiger charge is 2.52. The standard InChI is InChI=1S/C50H36N2S/c1-49(2)38-22-9-10-23-40(38)50(41-24-11-13-26-46(41)53-47-27-14-12-25-42(47)50)43-31-36(28-29-39(43)49)35-20-15-21-37(30-35)45-32-44(33-16-5-3-6-17-33)51-48(52-45)34-18-7-4-8-19-34/h3-32H,1-2H3. The van der Waals surface area contributed by atoms with Gasteiger partial charge in [-0.15, -0.1) is 0 Å². The van der Waals surface area contributed by atoms with Crippen LogP contribution in [-0.2, 0) is 10.8 Å². The van der Waals surface area contributed by atoms with Gasteiger partial charge in [-0.05, 0) is 74.8 Å². The SMILES string of the molecule is CC1(C)c2ccccc2C2(c3ccccc3Sc3ccccc32)c2cc(-c3cccc(-c4cc(-c5ccccc5)nc(-c5ccccc5)n4)c3)ccc21.